The van der Waals surface area contributed by atoms with Crippen LogP contribution >= 0.6 is 7.60 Å². The van der Waals surface area contributed by atoms with Crippen LogP contribution in [0.4, 0.5) is 0 Å². The Kier molecular flexibility index (Phi) is 6.19. The van der Waals surface area contributed by atoms with Crippen molar-refractivity contribution in [3.63, 3.8) is 0 Å². The maximum atomic E-state index is 11.9. The van der Waals surface area contributed by atoms with E-state index in [2.05, 4.69) is 19.2 Å². The molecule has 130 valence electrons. The summed E-state index contributed by atoms with van der Waals surface area (Å²) in [4.78, 5) is 19.5. The van der Waals surface area contributed by atoms with E-state index in [1.54, 1.807) is 19.2 Å². The molecule has 0 aliphatic rings. The van der Waals surface area contributed by atoms with Gasteiger partial charge in [0.15, 0.2) is 0 Å². The van der Waals surface area contributed by atoms with Crippen LogP contribution in [0.3, 0.4) is 0 Å². The van der Waals surface area contributed by atoms with Gasteiger partial charge in [0, 0.05) is 12.1 Å². The van der Waals surface area contributed by atoms with Crippen molar-refractivity contribution in [1.29, 1.82) is 0 Å². The molecular formula is C18H24NO4P. The van der Waals surface area contributed by atoms with Crippen LogP contribution < -0.4 is 10.1 Å². The summed E-state index contributed by atoms with van der Waals surface area (Å²) in [6.45, 7) is 4.45. The Morgan fingerprint density at radius 1 is 1.04 bits per heavy atom. The van der Waals surface area contributed by atoms with Crippen molar-refractivity contribution >= 4 is 7.60 Å². The highest BCUT2D eigenvalue weighted by Gasteiger charge is 2.30. The number of ether oxygens (including phenoxy) is 1. The van der Waals surface area contributed by atoms with Gasteiger partial charge in [-0.25, -0.2) is 0 Å². The molecule has 3 N–H and O–H groups in total. The summed E-state index contributed by atoms with van der Waals surface area (Å²) < 4.78 is 17.2. The van der Waals surface area contributed by atoms with E-state index in [1.165, 1.54) is 0 Å². The predicted octanol–water partition coefficient (Wildman–Crippen LogP) is 3.78. The molecule has 0 aromatic heterocycles. The minimum absolute atomic E-state index is 0.297. The number of hydrogen-bond acceptors (Lipinski definition) is 3. The van der Waals surface area contributed by atoms with E-state index in [0.717, 1.165) is 11.1 Å². The standard InChI is InChI=1S/C18H24NO4P/c1-13(2)14-8-10-15(11-9-14)18(24(20,21)22)19-12-16-6-4-5-7-17(16)23-3/h4-11,13,18-19H,12H2,1-3H3,(H2,20,21,22)/t18-/m0/s1. The first-order valence-electron chi connectivity index (χ1n) is 7.83. The molecule has 0 aliphatic heterocycles. The first-order chi connectivity index (χ1) is 11.3. The summed E-state index contributed by atoms with van der Waals surface area (Å²) in [7, 11) is -2.78. The van der Waals surface area contributed by atoms with Crippen molar-refractivity contribution in [3.05, 3.63) is 65.2 Å². The van der Waals surface area contributed by atoms with Crippen LogP contribution in [0, 0.1) is 0 Å². The summed E-state index contributed by atoms with van der Waals surface area (Å²) in [6.07, 6.45) is 0. The Morgan fingerprint density at radius 3 is 2.17 bits per heavy atom. The maximum Gasteiger partial charge on any atom is 0.346 e. The van der Waals surface area contributed by atoms with Gasteiger partial charge in [-0.15, -0.1) is 0 Å². The van der Waals surface area contributed by atoms with Gasteiger partial charge in [0.1, 0.15) is 11.5 Å². The number of nitrogens with one attached hydrogen (secondary N) is 1. The van der Waals surface area contributed by atoms with Crippen molar-refractivity contribution in [2.45, 2.75) is 32.1 Å². The third-order valence-electron chi connectivity index (χ3n) is 3.93. The second-order valence-corrected chi connectivity index (χ2v) is 7.70. The Balaban J connectivity index is 2.22. The molecule has 0 spiro atoms. The van der Waals surface area contributed by atoms with Crippen LogP contribution in [-0.4, -0.2) is 16.9 Å². The molecule has 0 bridgehead atoms. The van der Waals surface area contributed by atoms with E-state index < -0.39 is 13.4 Å². The van der Waals surface area contributed by atoms with Crippen LogP contribution in [0.1, 0.15) is 42.2 Å². The van der Waals surface area contributed by atoms with Gasteiger partial charge < -0.3 is 14.5 Å². The Bertz CT molecular complexity index is 709. The topological polar surface area (TPSA) is 78.8 Å². The molecular weight excluding hydrogens is 325 g/mol. The molecule has 0 aliphatic carbocycles. The quantitative estimate of drug-likeness (QED) is 0.663. The van der Waals surface area contributed by atoms with Crippen LogP contribution in [-0.2, 0) is 11.1 Å². The van der Waals surface area contributed by atoms with E-state index >= 15 is 0 Å². The third-order valence-corrected chi connectivity index (χ3v) is 5.09. The number of hydrogen-bond donors (Lipinski definition) is 3. The largest absolute Gasteiger partial charge is 0.496 e. The van der Waals surface area contributed by atoms with E-state index in [4.69, 9.17) is 4.74 Å². The Hall–Kier alpha value is -1.65. The van der Waals surface area contributed by atoms with Gasteiger partial charge in [-0.1, -0.05) is 56.3 Å². The molecule has 0 radical (unpaired) electrons. The zero-order valence-electron chi connectivity index (χ0n) is 14.1. The summed E-state index contributed by atoms with van der Waals surface area (Å²) in [5.74, 6) is 0.00217. The van der Waals surface area contributed by atoms with Crippen LogP contribution in [0.5, 0.6) is 5.75 Å². The summed E-state index contributed by atoms with van der Waals surface area (Å²) in [5.41, 5.74) is 2.55. The average molecular weight is 349 g/mol. The molecule has 0 heterocycles. The van der Waals surface area contributed by atoms with Gasteiger partial charge in [-0.2, -0.15) is 0 Å². The zero-order chi connectivity index (χ0) is 17.7. The lowest BCUT2D eigenvalue weighted by Gasteiger charge is -2.21. The van der Waals surface area contributed by atoms with Crippen molar-refractivity contribution in [2.75, 3.05) is 7.11 Å². The highest BCUT2D eigenvalue weighted by Crippen LogP contribution is 2.50. The highest BCUT2D eigenvalue weighted by atomic mass is 31.2. The summed E-state index contributed by atoms with van der Waals surface area (Å²) in [5, 5.41) is 2.97. The van der Waals surface area contributed by atoms with E-state index in [-0.39, 0.29) is 0 Å². The number of para-hydroxylation sites is 1. The molecule has 24 heavy (non-hydrogen) atoms. The fraction of sp³-hybridized carbons (Fsp3) is 0.333. The normalized spacial score (nSPS) is 13.1. The molecule has 0 saturated carbocycles. The number of methoxy groups -OCH3 is 1. The Labute approximate surface area is 142 Å². The predicted molar refractivity (Wildman–Crippen MR) is 95.1 cm³/mol. The monoisotopic (exact) mass is 349 g/mol. The van der Waals surface area contributed by atoms with Crippen molar-refractivity contribution in [3.8, 4) is 5.75 Å². The molecule has 0 saturated heterocycles. The first kappa shape index (κ1) is 18.7. The van der Waals surface area contributed by atoms with E-state index in [9.17, 15) is 14.4 Å². The van der Waals surface area contributed by atoms with Crippen molar-refractivity contribution in [1.82, 2.24) is 5.32 Å². The molecule has 2 aromatic rings. The first-order valence-corrected chi connectivity index (χ1v) is 9.51. The smallest absolute Gasteiger partial charge is 0.346 e. The molecule has 5 nitrogen and oxygen atoms in total. The summed E-state index contributed by atoms with van der Waals surface area (Å²) in [6, 6.07) is 14.8. The van der Waals surface area contributed by atoms with Gasteiger partial charge >= 0.3 is 7.60 Å². The van der Waals surface area contributed by atoms with Gasteiger partial charge in [0.05, 0.1) is 7.11 Å². The lowest BCUT2D eigenvalue weighted by molar-refractivity contribution is 0.346. The van der Waals surface area contributed by atoms with Gasteiger partial charge in [0.2, 0.25) is 0 Å². The van der Waals surface area contributed by atoms with Gasteiger partial charge in [-0.3, -0.25) is 9.88 Å². The second-order valence-electron chi connectivity index (χ2n) is 6.01. The van der Waals surface area contributed by atoms with Crippen LogP contribution in [0.15, 0.2) is 48.5 Å². The number of benzene rings is 2. The van der Waals surface area contributed by atoms with Crippen molar-refractivity contribution < 1.29 is 19.1 Å². The van der Waals surface area contributed by atoms with Crippen LogP contribution in [0.25, 0.3) is 0 Å². The molecule has 0 amide bonds. The Morgan fingerprint density at radius 2 is 1.62 bits per heavy atom. The van der Waals surface area contributed by atoms with Gasteiger partial charge in [-0.05, 0) is 23.1 Å². The van der Waals surface area contributed by atoms with Crippen molar-refractivity contribution in [2.24, 2.45) is 0 Å². The maximum absolute atomic E-state index is 11.9. The van der Waals surface area contributed by atoms with E-state index in [0.29, 0.717) is 23.8 Å². The molecule has 6 heteroatoms. The lowest BCUT2D eigenvalue weighted by Crippen LogP contribution is -2.21. The second kappa shape index (κ2) is 7.95. The van der Waals surface area contributed by atoms with E-state index in [1.807, 2.05) is 36.4 Å². The molecule has 2 aromatic carbocycles. The van der Waals surface area contributed by atoms with Gasteiger partial charge in [0.25, 0.3) is 0 Å². The highest BCUT2D eigenvalue weighted by molar-refractivity contribution is 7.52. The SMILES string of the molecule is COc1ccccc1CN[C@H](c1ccc(C(C)C)cc1)P(=O)(O)O. The average Bonchev–Trinajstić information content (AvgIpc) is 2.54. The molecule has 2 rings (SSSR count). The fourth-order valence-electron chi connectivity index (χ4n) is 2.55. The fourth-order valence-corrected chi connectivity index (χ4v) is 3.44. The third kappa shape index (κ3) is 4.68. The number of rotatable bonds is 7. The minimum atomic E-state index is -4.35. The molecule has 1 atom stereocenters. The zero-order valence-corrected chi connectivity index (χ0v) is 15.0. The molecule has 0 fully saturated rings. The van der Waals surface area contributed by atoms with Crippen LogP contribution in [0.2, 0.25) is 0 Å². The summed E-state index contributed by atoms with van der Waals surface area (Å²) >= 11 is 0. The molecule has 0 unspecified atom stereocenters. The lowest BCUT2D eigenvalue weighted by atomic mass is 10.0. The minimum Gasteiger partial charge on any atom is -0.496 e.